The van der Waals surface area contributed by atoms with E-state index in [1.165, 1.54) is 0 Å². The number of rotatable bonds is 4. The second-order valence-corrected chi connectivity index (χ2v) is 4.10. The van der Waals surface area contributed by atoms with E-state index >= 15 is 0 Å². The Morgan fingerprint density at radius 2 is 2.00 bits per heavy atom. The number of anilines is 1. The van der Waals surface area contributed by atoms with Gasteiger partial charge in [0.05, 0.1) is 30.2 Å². The van der Waals surface area contributed by atoms with Crippen LogP contribution in [0.25, 0.3) is 0 Å². The lowest BCUT2D eigenvalue weighted by Gasteiger charge is -2.20. The molecule has 0 aliphatic rings. The number of hydrogen-bond donors (Lipinski definition) is 2. The summed E-state index contributed by atoms with van der Waals surface area (Å²) in [6.07, 6.45) is 1.70. The minimum Gasteiger partial charge on any atom is -0.394 e. The van der Waals surface area contributed by atoms with Gasteiger partial charge in [-0.1, -0.05) is 13.8 Å². The first-order valence-electron chi connectivity index (χ1n) is 5.22. The standard InChI is InChI=1S/C11H19N3O/c1-7(2)10(6-15)14-11-5-12-8(3)9(4)13-11/h5,7,10,15H,6H2,1-4H3,(H,13,14). The Kier molecular flexibility index (Phi) is 4.03. The highest BCUT2D eigenvalue weighted by atomic mass is 16.3. The highest BCUT2D eigenvalue weighted by molar-refractivity contribution is 5.34. The van der Waals surface area contributed by atoms with Gasteiger partial charge in [0.2, 0.25) is 0 Å². The Morgan fingerprint density at radius 3 is 2.47 bits per heavy atom. The fourth-order valence-corrected chi connectivity index (χ4v) is 1.22. The van der Waals surface area contributed by atoms with Crippen LogP contribution in [0.2, 0.25) is 0 Å². The first-order valence-corrected chi connectivity index (χ1v) is 5.22. The van der Waals surface area contributed by atoms with Gasteiger partial charge in [0.15, 0.2) is 0 Å². The van der Waals surface area contributed by atoms with E-state index in [1.807, 2.05) is 13.8 Å². The van der Waals surface area contributed by atoms with Crippen molar-refractivity contribution in [2.75, 3.05) is 11.9 Å². The molecule has 0 aliphatic carbocycles. The van der Waals surface area contributed by atoms with Crippen molar-refractivity contribution in [3.8, 4) is 0 Å². The molecule has 1 rings (SSSR count). The summed E-state index contributed by atoms with van der Waals surface area (Å²) in [6.45, 7) is 8.08. The number of aliphatic hydroxyl groups excluding tert-OH is 1. The van der Waals surface area contributed by atoms with Crippen molar-refractivity contribution >= 4 is 5.82 Å². The summed E-state index contributed by atoms with van der Waals surface area (Å²) in [5.74, 6) is 1.09. The van der Waals surface area contributed by atoms with Gasteiger partial charge in [-0.3, -0.25) is 4.98 Å². The summed E-state index contributed by atoms with van der Waals surface area (Å²) in [6, 6.07) is 0.0291. The van der Waals surface area contributed by atoms with E-state index in [1.54, 1.807) is 6.20 Å². The fraction of sp³-hybridized carbons (Fsp3) is 0.636. The zero-order chi connectivity index (χ0) is 11.4. The van der Waals surface area contributed by atoms with Gasteiger partial charge in [-0.2, -0.15) is 0 Å². The highest BCUT2D eigenvalue weighted by Crippen LogP contribution is 2.10. The summed E-state index contributed by atoms with van der Waals surface area (Å²) in [4.78, 5) is 8.58. The summed E-state index contributed by atoms with van der Waals surface area (Å²) < 4.78 is 0. The molecule has 0 bridgehead atoms. The van der Waals surface area contributed by atoms with E-state index in [9.17, 15) is 5.11 Å². The maximum absolute atomic E-state index is 9.17. The van der Waals surface area contributed by atoms with E-state index in [0.717, 1.165) is 17.2 Å². The van der Waals surface area contributed by atoms with Crippen molar-refractivity contribution in [1.29, 1.82) is 0 Å². The van der Waals surface area contributed by atoms with E-state index in [4.69, 9.17) is 0 Å². The molecule has 1 aromatic rings. The zero-order valence-electron chi connectivity index (χ0n) is 9.78. The smallest absolute Gasteiger partial charge is 0.145 e. The third-order valence-corrected chi connectivity index (χ3v) is 2.53. The molecule has 2 N–H and O–H groups in total. The number of nitrogens with zero attached hydrogens (tertiary/aromatic N) is 2. The second-order valence-electron chi connectivity index (χ2n) is 4.10. The number of aryl methyl sites for hydroxylation is 2. The first-order chi connectivity index (χ1) is 7.04. The molecule has 0 spiro atoms. The fourth-order valence-electron chi connectivity index (χ4n) is 1.22. The Morgan fingerprint density at radius 1 is 1.33 bits per heavy atom. The topological polar surface area (TPSA) is 58.0 Å². The van der Waals surface area contributed by atoms with Crippen LogP contribution in [0.1, 0.15) is 25.2 Å². The third kappa shape index (κ3) is 3.16. The number of nitrogens with one attached hydrogen (secondary N) is 1. The molecule has 4 heteroatoms. The van der Waals surface area contributed by atoms with Crippen LogP contribution in [0.3, 0.4) is 0 Å². The third-order valence-electron chi connectivity index (χ3n) is 2.53. The van der Waals surface area contributed by atoms with Crippen molar-refractivity contribution in [2.24, 2.45) is 5.92 Å². The van der Waals surface area contributed by atoms with Gasteiger partial charge in [-0.15, -0.1) is 0 Å². The predicted molar refractivity (Wildman–Crippen MR) is 60.8 cm³/mol. The minimum absolute atomic E-state index is 0.0291. The molecule has 15 heavy (non-hydrogen) atoms. The summed E-state index contributed by atoms with van der Waals surface area (Å²) >= 11 is 0. The molecule has 0 saturated heterocycles. The molecule has 1 aromatic heterocycles. The van der Waals surface area contributed by atoms with Crippen molar-refractivity contribution in [3.63, 3.8) is 0 Å². The lowest BCUT2D eigenvalue weighted by molar-refractivity contribution is 0.249. The second kappa shape index (κ2) is 5.07. The molecular weight excluding hydrogens is 190 g/mol. The van der Waals surface area contributed by atoms with Crippen molar-refractivity contribution in [1.82, 2.24) is 9.97 Å². The molecule has 0 aliphatic heterocycles. The number of hydrogen-bond acceptors (Lipinski definition) is 4. The molecule has 1 heterocycles. The minimum atomic E-state index is 0.0291. The average molecular weight is 209 g/mol. The largest absolute Gasteiger partial charge is 0.394 e. The van der Waals surface area contributed by atoms with Crippen LogP contribution >= 0.6 is 0 Å². The van der Waals surface area contributed by atoms with Crippen molar-refractivity contribution < 1.29 is 5.11 Å². The lowest BCUT2D eigenvalue weighted by atomic mass is 10.1. The van der Waals surface area contributed by atoms with Crippen molar-refractivity contribution in [3.05, 3.63) is 17.6 Å². The zero-order valence-corrected chi connectivity index (χ0v) is 9.78. The van der Waals surface area contributed by atoms with E-state index in [0.29, 0.717) is 5.92 Å². The molecule has 0 aromatic carbocycles. The van der Waals surface area contributed by atoms with Crippen LogP contribution in [-0.4, -0.2) is 27.7 Å². The Balaban J connectivity index is 2.75. The van der Waals surface area contributed by atoms with Crippen LogP contribution in [0.5, 0.6) is 0 Å². The van der Waals surface area contributed by atoms with Crippen LogP contribution in [0, 0.1) is 19.8 Å². The van der Waals surface area contributed by atoms with Crippen molar-refractivity contribution in [2.45, 2.75) is 33.7 Å². The van der Waals surface area contributed by atoms with Gasteiger partial charge in [0.25, 0.3) is 0 Å². The number of aliphatic hydroxyl groups is 1. The maximum Gasteiger partial charge on any atom is 0.145 e. The van der Waals surface area contributed by atoms with Crippen LogP contribution in [0.15, 0.2) is 6.20 Å². The monoisotopic (exact) mass is 209 g/mol. The van der Waals surface area contributed by atoms with Crippen LogP contribution in [0.4, 0.5) is 5.82 Å². The average Bonchev–Trinajstić information content (AvgIpc) is 2.19. The van der Waals surface area contributed by atoms with E-state index in [-0.39, 0.29) is 12.6 Å². The Bertz CT molecular complexity index is 326. The normalized spacial score (nSPS) is 12.9. The molecule has 84 valence electrons. The van der Waals surface area contributed by atoms with E-state index < -0.39 is 0 Å². The van der Waals surface area contributed by atoms with Crippen LogP contribution in [-0.2, 0) is 0 Å². The molecule has 4 nitrogen and oxygen atoms in total. The molecule has 1 atom stereocenters. The van der Waals surface area contributed by atoms with Gasteiger partial charge in [-0.05, 0) is 19.8 Å². The summed E-state index contributed by atoms with van der Waals surface area (Å²) in [5.41, 5.74) is 1.85. The quantitative estimate of drug-likeness (QED) is 0.789. The Hall–Kier alpha value is -1.16. The molecule has 1 unspecified atom stereocenters. The van der Waals surface area contributed by atoms with E-state index in [2.05, 4.69) is 29.1 Å². The predicted octanol–water partition coefficient (Wildman–Crippen LogP) is 1.52. The molecular formula is C11H19N3O. The SMILES string of the molecule is Cc1ncc(NC(CO)C(C)C)nc1C. The maximum atomic E-state index is 9.17. The summed E-state index contributed by atoms with van der Waals surface area (Å²) in [5, 5.41) is 12.3. The number of aromatic nitrogens is 2. The lowest BCUT2D eigenvalue weighted by Crippen LogP contribution is -2.30. The first kappa shape index (κ1) is 11.9. The summed E-state index contributed by atoms with van der Waals surface area (Å²) in [7, 11) is 0. The van der Waals surface area contributed by atoms with Gasteiger partial charge >= 0.3 is 0 Å². The van der Waals surface area contributed by atoms with Gasteiger partial charge < -0.3 is 10.4 Å². The van der Waals surface area contributed by atoms with Gasteiger partial charge in [0.1, 0.15) is 5.82 Å². The van der Waals surface area contributed by atoms with Gasteiger partial charge in [0, 0.05) is 0 Å². The molecule has 0 saturated carbocycles. The molecule has 0 fully saturated rings. The molecule has 0 amide bonds. The molecule has 0 radical (unpaired) electrons. The highest BCUT2D eigenvalue weighted by Gasteiger charge is 2.12. The van der Waals surface area contributed by atoms with Crippen LogP contribution < -0.4 is 5.32 Å². The Labute approximate surface area is 90.8 Å². The van der Waals surface area contributed by atoms with Gasteiger partial charge in [-0.25, -0.2) is 4.98 Å².